The predicted molar refractivity (Wildman–Crippen MR) is 131 cm³/mol. The van der Waals surface area contributed by atoms with E-state index in [4.69, 9.17) is 9.72 Å². The molecule has 31 heavy (non-hydrogen) atoms. The van der Waals surface area contributed by atoms with Crippen LogP contribution in [-0.4, -0.2) is 24.2 Å². The maximum atomic E-state index is 6.54. The van der Waals surface area contributed by atoms with Crippen LogP contribution < -0.4 is 10.1 Å². The number of benzene rings is 2. The first kappa shape index (κ1) is 21.6. The molecule has 0 amide bonds. The largest absolute Gasteiger partial charge is 0.492 e. The Balaban J connectivity index is 1.71. The number of nitrogens with zero attached hydrogens (tertiary/aromatic N) is 1. The third-order valence-corrected chi connectivity index (χ3v) is 6.27. The highest BCUT2D eigenvalue weighted by Crippen LogP contribution is 2.37. The average molecular weight is 415 g/mol. The van der Waals surface area contributed by atoms with Gasteiger partial charge in [0, 0.05) is 23.2 Å². The predicted octanol–water partition coefficient (Wildman–Crippen LogP) is 7.02. The van der Waals surface area contributed by atoms with Gasteiger partial charge in [0.1, 0.15) is 5.75 Å². The summed E-state index contributed by atoms with van der Waals surface area (Å²) in [5.74, 6) is 0.959. The van der Waals surface area contributed by atoms with Gasteiger partial charge in [-0.05, 0) is 68.0 Å². The van der Waals surface area contributed by atoms with Crippen LogP contribution in [0.25, 0.3) is 27.6 Å². The molecule has 1 atom stereocenters. The minimum atomic E-state index is 0.566. The molecular weight excluding hydrogens is 380 g/mol. The molecule has 3 heteroatoms. The Labute approximate surface area is 186 Å². The Morgan fingerprint density at radius 3 is 2.77 bits per heavy atom. The van der Waals surface area contributed by atoms with Gasteiger partial charge >= 0.3 is 0 Å². The molecule has 1 aliphatic rings. The molecule has 1 fully saturated rings. The van der Waals surface area contributed by atoms with Crippen molar-refractivity contribution in [2.24, 2.45) is 0 Å². The van der Waals surface area contributed by atoms with Crippen molar-refractivity contribution in [3.8, 4) is 16.9 Å². The summed E-state index contributed by atoms with van der Waals surface area (Å²) in [6, 6.07) is 17.6. The first-order valence-corrected chi connectivity index (χ1v) is 11.8. The van der Waals surface area contributed by atoms with Crippen LogP contribution in [-0.2, 0) is 0 Å². The second-order valence-corrected chi connectivity index (χ2v) is 8.45. The van der Waals surface area contributed by atoms with Crippen molar-refractivity contribution in [3.05, 3.63) is 66.4 Å². The van der Waals surface area contributed by atoms with Crippen molar-refractivity contribution in [3.63, 3.8) is 0 Å². The topological polar surface area (TPSA) is 34.1 Å². The number of hydrogen-bond acceptors (Lipinski definition) is 3. The molecule has 2 heterocycles. The number of pyridine rings is 1. The lowest BCUT2D eigenvalue weighted by Crippen LogP contribution is -2.35. The molecule has 0 aliphatic carbocycles. The summed E-state index contributed by atoms with van der Waals surface area (Å²) in [4.78, 5) is 4.78. The van der Waals surface area contributed by atoms with E-state index < -0.39 is 0 Å². The quantitative estimate of drug-likeness (QED) is 0.430. The number of fused-ring (bicyclic) bond motifs is 1. The zero-order chi connectivity index (χ0) is 21.5. The van der Waals surface area contributed by atoms with Crippen LogP contribution in [0.1, 0.15) is 57.9 Å². The molecule has 3 nitrogen and oxygen atoms in total. The van der Waals surface area contributed by atoms with Gasteiger partial charge in [0.25, 0.3) is 0 Å². The van der Waals surface area contributed by atoms with Crippen LogP contribution in [0, 0.1) is 0 Å². The molecule has 1 aliphatic heterocycles. The summed E-state index contributed by atoms with van der Waals surface area (Å²) >= 11 is 0. The minimum Gasteiger partial charge on any atom is -0.492 e. The molecular formula is C28H34N2O. The van der Waals surface area contributed by atoms with Gasteiger partial charge in [0.15, 0.2) is 0 Å². The first-order chi connectivity index (χ1) is 15.3. The summed E-state index contributed by atoms with van der Waals surface area (Å²) in [6.45, 7) is 6.20. The van der Waals surface area contributed by atoms with Gasteiger partial charge in [-0.15, -0.1) is 0 Å². The minimum absolute atomic E-state index is 0.566. The molecule has 0 saturated carbocycles. The summed E-state index contributed by atoms with van der Waals surface area (Å²) in [7, 11) is 0. The van der Waals surface area contributed by atoms with Crippen molar-refractivity contribution in [2.45, 2.75) is 58.4 Å². The zero-order valence-corrected chi connectivity index (χ0v) is 18.9. The van der Waals surface area contributed by atoms with Crippen LogP contribution in [0.4, 0.5) is 0 Å². The molecule has 1 N–H and O–H groups in total. The summed E-state index contributed by atoms with van der Waals surface area (Å²) in [5.41, 5.74) is 5.85. The Morgan fingerprint density at radius 2 is 2.03 bits per heavy atom. The Kier molecular flexibility index (Phi) is 7.37. The maximum absolute atomic E-state index is 6.54. The molecule has 2 aromatic carbocycles. The summed E-state index contributed by atoms with van der Waals surface area (Å²) in [5, 5.41) is 4.74. The zero-order valence-electron chi connectivity index (χ0n) is 18.9. The number of rotatable bonds is 8. The van der Waals surface area contributed by atoms with E-state index in [-0.39, 0.29) is 0 Å². The van der Waals surface area contributed by atoms with E-state index in [2.05, 4.69) is 73.8 Å². The molecule has 0 radical (unpaired) electrons. The third-order valence-electron chi connectivity index (χ3n) is 6.27. The van der Waals surface area contributed by atoms with Gasteiger partial charge in [-0.1, -0.05) is 62.2 Å². The van der Waals surface area contributed by atoms with Crippen LogP contribution in [0.2, 0.25) is 0 Å². The smallest absolute Gasteiger partial charge is 0.138 e. The van der Waals surface area contributed by atoms with Crippen LogP contribution >= 0.6 is 0 Å². The number of piperidine rings is 1. The van der Waals surface area contributed by atoms with E-state index in [1.807, 2.05) is 6.20 Å². The monoisotopic (exact) mass is 414 g/mol. The van der Waals surface area contributed by atoms with E-state index in [1.54, 1.807) is 0 Å². The van der Waals surface area contributed by atoms with Crippen LogP contribution in [0.15, 0.2) is 60.8 Å². The van der Waals surface area contributed by atoms with E-state index in [1.165, 1.54) is 30.4 Å². The fourth-order valence-corrected chi connectivity index (χ4v) is 4.55. The van der Waals surface area contributed by atoms with Gasteiger partial charge < -0.3 is 10.1 Å². The standard InChI is InChI=1S/C28H34N2O/c1-3-10-21(4-2)23-14-15-27-25(19-23)28(31-18-16-24-13-8-9-17-29-24)26(20-30-27)22-11-6-5-7-12-22/h4-7,11-12,14-15,19-20,24,29H,3,8-10,13,16-18H2,1-2H3/b21-4+. The third kappa shape index (κ3) is 5.16. The Bertz CT molecular complexity index is 1020. The molecule has 1 saturated heterocycles. The molecule has 3 aromatic rings. The molecule has 0 spiro atoms. The van der Waals surface area contributed by atoms with Gasteiger partial charge in [0.2, 0.25) is 0 Å². The molecule has 1 unspecified atom stereocenters. The fourth-order valence-electron chi connectivity index (χ4n) is 4.55. The second-order valence-electron chi connectivity index (χ2n) is 8.45. The number of hydrogen-bond donors (Lipinski definition) is 1. The lowest BCUT2D eigenvalue weighted by molar-refractivity contribution is 0.271. The van der Waals surface area contributed by atoms with E-state index in [0.29, 0.717) is 12.6 Å². The molecule has 0 bridgehead atoms. The van der Waals surface area contributed by atoms with Gasteiger partial charge in [-0.3, -0.25) is 4.98 Å². The highest BCUT2D eigenvalue weighted by molar-refractivity contribution is 5.94. The van der Waals surface area contributed by atoms with Crippen molar-refractivity contribution in [1.82, 2.24) is 10.3 Å². The van der Waals surface area contributed by atoms with Crippen LogP contribution in [0.5, 0.6) is 5.75 Å². The van der Waals surface area contributed by atoms with E-state index >= 15 is 0 Å². The summed E-state index contributed by atoms with van der Waals surface area (Å²) in [6.07, 6.45) is 11.3. The van der Waals surface area contributed by atoms with E-state index in [0.717, 1.165) is 53.6 Å². The second kappa shape index (κ2) is 10.6. The lowest BCUT2D eigenvalue weighted by atomic mass is 9.97. The fraction of sp³-hybridized carbons (Fsp3) is 0.393. The lowest BCUT2D eigenvalue weighted by Gasteiger charge is -2.24. The Hall–Kier alpha value is -2.65. The van der Waals surface area contributed by atoms with Crippen molar-refractivity contribution >= 4 is 16.5 Å². The van der Waals surface area contributed by atoms with E-state index in [9.17, 15) is 0 Å². The molecule has 4 rings (SSSR count). The van der Waals surface area contributed by atoms with Crippen molar-refractivity contribution in [1.29, 1.82) is 0 Å². The average Bonchev–Trinajstić information content (AvgIpc) is 2.83. The molecule has 1 aromatic heterocycles. The Morgan fingerprint density at radius 1 is 1.16 bits per heavy atom. The SMILES string of the molecule is C/C=C(\CCC)c1ccc2ncc(-c3ccccc3)c(OCCC3CCCCN3)c2c1. The molecule has 162 valence electrons. The van der Waals surface area contributed by atoms with Gasteiger partial charge in [-0.2, -0.15) is 0 Å². The van der Waals surface area contributed by atoms with Gasteiger partial charge in [0.05, 0.1) is 12.1 Å². The maximum Gasteiger partial charge on any atom is 0.138 e. The number of aromatic nitrogens is 1. The first-order valence-electron chi connectivity index (χ1n) is 11.8. The number of ether oxygens (including phenoxy) is 1. The highest BCUT2D eigenvalue weighted by Gasteiger charge is 2.16. The van der Waals surface area contributed by atoms with Crippen molar-refractivity contribution in [2.75, 3.05) is 13.2 Å². The highest BCUT2D eigenvalue weighted by atomic mass is 16.5. The number of nitrogens with one attached hydrogen (secondary N) is 1. The number of allylic oxidation sites excluding steroid dienone is 2. The normalized spacial score (nSPS) is 17.1. The van der Waals surface area contributed by atoms with Crippen molar-refractivity contribution < 1.29 is 4.74 Å². The van der Waals surface area contributed by atoms with Gasteiger partial charge in [-0.25, -0.2) is 0 Å². The van der Waals surface area contributed by atoms with Crippen LogP contribution in [0.3, 0.4) is 0 Å². The summed E-state index contributed by atoms with van der Waals surface area (Å²) < 4.78 is 6.54.